The summed E-state index contributed by atoms with van der Waals surface area (Å²) in [6.45, 7) is -0.393. The summed E-state index contributed by atoms with van der Waals surface area (Å²) < 4.78 is 46.1. The molecule has 4 rings (SSSR count). The molecule has 1 saturated carbocycles. The Bertz CT molecular complexity index is 1110. The first-order chi connectivity index (χ1) is 16.1. The number of anilines is 1. The van der Waals surface area contributed by atoms with Crippen LogP contribution in [0.3, 0.4) is 0 Å². The topological polar surface area (TPSA) is 87.7 Å². The van der Waals surface area contributed by atoms with Gasteiger partial charge in [0.1, 0.15) is 24.5 Å². The van der Waals surface area contributed by atoms with E-state index in [1.54, 1.807) is 12.1 Å². The van der Waals surface area contributed by atoms with Gasteiger partial charge in [0.25, 0.3) is 11.8 Å². The third kappa shape index (κ3) is 5.18. The van der Waals surface area contributed by atoms with Gasteiger partial charge in [-0.05, 0) is 24.3 Å². The molecule has 3 amide bonds. The van der Waals surface area contributed by atoms with E-state index in [2.05, 4.69) is 10.6 Å². The Hall–Kier alpha value is -3.11. The molecule has 11 heteroatoms. The van der Waals surface area contributed by atoms with Gasteiger partial charge >= 0.3 is 0 Å². The maximum absolute atomic E-state index is 14.2. The molecule has 2 aromatic rings. The highest BCUT2D eigenvalue weighted by molar-refractivity contribution is 6.31. The van der Waals surface area contributed by atoms with Gasteiger partial charge in [0.05, 0.1) is 6.61 Å². The van der Waals surface area contributed by atoms with E-state index in [0.29, 0.717) is 0 Å². The minimum atomic E-state index is -2.88. The van der Waals surface area contributed by atoms with Crippen LogP contribution in [0.15, 0.2) is 48.5 Å². The van der Waals surface area contributed by atoms with Crippen molar-refractivity contribution >= 4 is 35.0 Å². The van der Waals surface area contributed by atoms with Gasteiger partial charge in [0.2, 0.25) is 11.8 Å². The molecule has 2 unspecified atom stereocenters. The quantitative estimate of drug-likeness (QED) is 0.645. The van der Waals surface area contributed by atoms with E-state index in [1.165, 1.54) is 30.3 Å². The third-order valence-electron chi connectivity index (χ3n) is 5.62. The molecule has 0 bridgehead atoms. The summed E-state index contributed by atoms with van der Waals surface area (Å²) in [4.78, 5) is 39.9. The van der Waals surface area contributed by atoms with Gasteiger partial charge in [-0.1, -0.05) is 35.9 Å². The zero-order chi connectivity index (χ0) is 24.5. The minimum absolute atomic E-state index is 0.0174. The van der Waals surface area contributed by atoms with Crippen molar-refractivity contribution in [1.29, 1.82) is 0 Å². The summed E-state index contributed by atoms with van der Waals surface area (Å²) in [6.07, 6.45) is -1.07. The predicted octanol–water partition coefficient (Wildman–Crippen LogP) is 2.98. The Morgan fingerprint density at radius 3 is 2.56 bits per heavy atom. The molecule has 180 valence electrons. The number of benzene rings is 2. The van der Waals surface area contributed by atoms with Crippen molar-refractivity contribution in [1.82, 2.24) is 10.6 Å². The first-order valence-corrected chi connectivity index (χ1v) is 10.9. The van der Waals surface area contributed by atoms with Crippen LogP contribution in [0.1, 0.15) is 24.4 Å². The zero-order valence-electron chi connectivity index (χ0n) is 17.8. The molecule has 2 N–H and O–H groups in total. The van der Waals surface area contributed by atoms with Crippen molar-refractivity contribution in [2.75, 3.05) is 18.1 Å². The normalized spacial score (nSPS) is 20.6. The number of hydrogen-bond acceptors (Lipinski definition) is 4. The van der Waals surface area contributed by atoms with Gasteiger partial charge in [0, 0.05) is 35.2 Å². The lowest BCUT2D eigenvalue weighted by atomic mass is 9.87. The van der Waals surface area contributed by atoms with E-state index in [-0.39, 0.29) is 29.5 Å². The molecule has 1 aliphatic carbocycles. The lowest BCUT2D eigenvalue weighted by Crippen LogP contribution is -2.58. The van der Waals surface area contributed by atoms with Crippen molar-refractivity contribution in [2.24, 2.45) is 0 Å². The van der Waals surface area contributed by atoms with Crippen molar-refractivity contribution in [3.8, 4) is 0 Å². The number of nitrogens with one attached hydrogen (secondary N) is 2. The number of hydrogen-bond donors (Lipinski definition) is 2. The molecule has 0 spiro atoms. The number of alkyl halides is 2. The second-order valence-electron chi connectivity index (χ2n) is 8.22. The first-order valence-electron chi connectivity index (χ1n) is 10.5. The summed E-state index contributed by atoms with van der Waals surface area (Å²) in [5, 5.41) is 5.19. The number of rotatable bonds is 6. The molecule has 34 heavy (non-hydrogen) atoms. The third-order valence-corrected chi connectivity index (χ3v) is 5.96. The van der Waals surface area contributed by atoms with Crippen molar-refractivity contribution in [3.05, 3.63) is 64.9 Å². The number of halogens is 4. The molecule has 2 atom stereocenters. The van der Waals surface area contributed by atoms with E-state index >= 15 is 0 Å². The van der Waals surface area contributed by atoms with Gasteiger partial charge in [-0.3, -0.25) is 19.3 Å². The number of morpholine rings is 1. The second-order valence-corrected chi connectivity index (χ2v) is 8.62. The van der Waals surface area contributed by atoms with Crippen molar-refractivity contribution in [2.45, 2.75) is 36.9 Å². The van der Waals surface area contributed by atoms with E-state index in [9.17, 15) is 27.6 Å². The Balaban J connectivity index is 1.77. The Morgan fingerprint density at radius 1 is 1.18 bits per heavy atom. The first kappa shape index (κ1) is 24.0. The van der Waals surface area contributed by atoms with Crippen molar-refractivity contribution in [3.63, 3.8) is 0 Å². The molecule has 1 aliphatic heterocycles. The maximum atomic E-state index is 14.2. The lowest BCUT2D eigenvalue weighted by Gasteiger charge is -2.39. The number of amides is 3. The molecule has 2 aromatic carbocycles. The smallest absolute Gasteiger partial charge is 0.252 e. The molecule has 2 aliphatic rings. The van der Waals surface area contributed by atoms with Gasteiger partial charge in [-0.2, -0.15) is 0 Å². The van der Waals surface area contributed by atoms with Crippen LogP contribution in [0.2, 0.25) is 5.02 Å². The monoisotopic (exact) mass is 495 g/mol. The fourth-order valence-corrected chi connectivity index (χ4v) is 4.25. The second kappa shape index (κ2) is 9.63. The van der Waals surface area contributed by atoms with Crippen LogP contribution in [-0.2, 0) is 19.1 Å². The Kier molecular flexibility index (Phi) is 6.81. The highest BCUT2D eigenvalue weighted by Crippen LogP contribution is 2.39. The van der Waals surface area contributed by atoms with Crippen molar-refractivity contribution < 1.29 is 32.3 Å². The fourth-order valence-electron chi connectivity index (χ4n) is 4.02. The number of nitrogens with zero attached hydrogens (tertiary/aromatic N) is 1. The SMILES string of the molecule is O=C1COCC(C(=O)N(c2cccc(F)c2)C(C(=O)NC2CC(F)(F)C2)c2ccccc2Cl)N1. The zero-order valence-corrected chi connectivity index (χ0v) is 18.5. The standard InChI is InChI=1S/C23H21ClF3N3O4/c24-17-7-2-1-6-16(17)20(21(32)28-14-9-23(26,27)10-14)30(15-5-3-4-13(25)8-15)22(33)18-11-34-12-19(31)29-18/h1-8,14,18,20H,9-12H2,(H,28,32)(H,29,31). The number of ether oxygens (including phenoxy) is 1. The Labute approximate surface area is 198 Å². The summed E-state index contributed by atoms with van der Waals surface area (Å²) in [5.74, 6) is -5.60. The largest absolute Gasteiger partial charge is 0.369 e. The molecule has 2 fully saturated rings. The lowest BCUT2D eigenvalue weighted by molar-refractivity contribution is -0.138. The van der Waals surface area contributed by atoms with E-state index < -0.39 is 60.4 Å². The molecule has 7 nitrogen and oxygen atoms in total. The molecule has 1 saturated heterocycles. The van der Waals surface area contributed by atoms with Gasteiger partial charge in [-0.15, -0.1) is 0 Å². The Morgan fingerprint density at radius 2 is 1.91 bits per heavy atom. The minimum Gasteiger partial charge on any atom is -0.369 e. The highest BCUT2D eigenvalue weighted by atomic mass is 35.5. The van der Waals surface area contributed by atoms with E-state index in [4.69, 9.17) is 16.3 Å². The fraction of sp³-hybridized carbons (Fsp3) is 0.348. The van der Waals surface area contributed by atoms with Crippen LogP contribution >= 0.6 is 11.6 Å². The summed E-state index contributed by atoms with van der Waals surface area (Å²) >= 11 is 6.36. The molecule has 0 aromatic heterocycles. The van der Waals surface area contributed by atoms with Crippen LogP contribution < -0.4 is 15.5 Å². The highest BCUT2D eigenvalue weighted by Gasteiger charge is 2.47. The van der Waals surface area contributed by atoms with Crippen LogP contribution in [-0.4, -0.2) is 48.9 Å². The molecular weight excluding hydrogens is 475 g/mol. The average molecular weight is 496 g/mol. The molecular formula is C23H21ClF3N3O4. The van der Waals surface area contributed by atoms with Gasteiger partial charge in [0.15, 0.2) is 0 Å². The summed E-state index contributed by atoms with van der Waals surface area (Å²) in [6, 6.07) is 7.84. The maximum Gasteiger partial charge on any atom is 0.252 e. The summed E-state index contributed by atoms with van der Waals surface area (Å²) in [5.41, 5.74) is 0.220. The van der Waals surface area contributed by atoms with Crippen LogP contribution in [0.25, 0.3) is 0 Å². The van der Waals surface area contributed by atoms with Crippen LogP contribution in [0.4, 0.5) is 18.9 Å². The number of carbonyl (C=O) groups is 3. The van der Waals surface area contributed by atoms with E-state index in [1.807, 2.05) is 0 Å². The van der Waals surface area contributed by atoms with Gasteiger partial charge < -0.3 is 15.4 Å². The van der Waals surface area contributed by atoms with E-state index in [0.717, 1.165) is 11.0 Å². The van der Waals surface area contributed by atoms with Crippen LogP contribution in [0, 0.1) is 5.82 Å². The molecule has 0 radical (unpaired) electrons. The molecule has 1 heterocycles. The predicted molar refractivity (Wildman–Crippen MR) is 117 cm³/mol. The average Bonchev–Trinajstić information content (AvgIpc) is 2.76. The van der Waals surface area contributed by atoms with Gasteiger partial charge in [-0.25, -0.2) is 13.2 Å². The summed E-state index contributed by atoms with van der Waals surface area (Å²) in [7, 11) is 0. The number of carbonyl (C=O) groups excluding carboxylic acids is 3. The van der Waals surface area contributed by atoms with Crippen LogP contribution in [0.5, 0.6) is 0 Å².